The molecule has 1 aromatic carbocycles. The van der Waals surface area contributed by atoms with Crippen molar-refractivity contribution in [1.29, 1.82) is 0 Å². The quantitative estimate of drug-likeness (QED) is 0.441. The van der Waals surface area contributed by atoms with Crippen LogP contribution in [0.15, 0.2) is 22.7 Å². The molecule has 0 unspecified atom stereocenters. The molecule has 0 saturated heterocycles. The number of nitrogens with one attached hydrogen (secondary N) is 2. The molecule has 7 heteroatoms. The van der Waals surface area contributed by atoms with Crippen molar-refractivity contribution in [3.63, 3.8) is 0 Å². The monoisotopic (exact) mass is 442 g/mol. The van der Waals surface area contributed by atoms with E-state index in [0.29, 0.717) is 32.5 Å². The van der Waals surface area contributed by atoms with Crippen LogP contribution in [0.1, 0.15) is 58.4 Å². The van der Waals surface area contributed by atoms with Crippen LogP contribution >= 0.6 is 15.9 Å². The second-order valence-corrected chi connectivity index (χ2v) is 8.34. The van der Waals surface area contributed by atoms with E-state index in [9.17, 15) is 9.59 Å². The number of carboxylic acids is 1. The fraction of sp³-hybridized carbons (Fsp3) is 0.600. The van der Waals surface area contributed by atoms with E-state index in [1.807, 2.05) is 6.07 Å². The van der Waals surface area contributed by atoms with Crippen LogP contribution in [-0.2, 0) is 10.2 Å². The topological polar surface area (TPSA) is 87.7 Å². The van der Waals surface area contributed by atoms with Crippen LogP contribution < -0.4 is 15.4 Å². The second-order valence-electron chi connectivity index (χ2n) is 7.48. The summed E-state index contributed by atoms with van der Waals surface area (Å²) in [5.41, 5.74) is 1.33. The lowest BCUT2D eigenvalue weighted by Gasteiger charge is -2.20. The van der Waals surface area contributed by atoms with Crippen molar-refractivity contribution in [3.05, 3.63) is 28.2 Å². The van der Waals surface area contributed by atoms with E-state index in [4.69, 9.17) is 9.84 Å². The first-order chi connectivity index (χ1) is 12.7. The number of benzene rings is 1. The maximum Gasteiger partial charge on any atom is 0.314 e. The van der Waals surface area contributed by atoms with Gasteiger partial charge in [0.25, 0.3) is 0 Å². The summed E-state index contributed by atoms with van der Waals surface area (Å²) in [5.74, 6) is 0.0221. The van der Waals surface area contributed by atoms with Crippen molar-refractivity contribution in [1.82, 2.24) is 10.6 Å². The maximum atomic E-state index is 11.6. The molecule has 0 radical (unpaired) electrons. The highest BCUT2D eigenvalue weighted by molar-refractivity contribution is 9.10. The van der Waals surface area contributed by atoms with Gasteiger partial charge in [-0.2, -0.15) is 0 Å². The first-order valence-corrected chi connectivity index (χ1v) is 10.2. The van der Waals surface area contributed by atoms with Crippen molar-refractivity contribution in [2.75, 3.05) is 19.7 Å². The molecule has 0 heterocycles. The number of hydrogen-bond acceptors (Lipinski definition) is 3. The number of ether oxygens (including phenoxy) is 1. The Hall–Kier alpha value is -1.76. The molecular weight excluding hydrogens is 412 g/mol. The number of unbranched alkanes of at least 4 members (excludes halogenated alkanes) is 2. The zero-order valence-corrected chi connectivity index (χ0v) is 18.0. The highest BCUT2D eigenvalue weighted by Gasteiger charge is 2.15. The zero-order chi connectivity index (χ0) is 20.3. The Morgan fingerprint density at radius 3 is 2.33 bits per heavy atom. The number of carbonyl (C=O) groups excluding carboxylic acids is 1. The SMILES string of the molecule is CC(C)(C)c1ccc(OCCCNC(=O)NCCCCCC(=O)O)c(Br)c1. The van der Waals surface area contributed by atoms with E-state index in [1.165, 1.54) is 5.56 Å². The third-order valence-electron chi connectivity index (χ3n) is 4.02. The third kappa shape index (κ3) is 10.2. The Kier molecular flexibility index (Phi) is 10.2. The van der Waals surface area contributed by atoms with E-state index in [-0.39, 0.29) is 17.9 Å². The van der Waals surface area contributed by atoms with Gasteiger partial charge >= 0.3 is 12.0 Å². The van der Waals surface area contributed by atoms with Gasteiger partial charge < -0.3 is 20.5 Å². The van der Waals surface area contributed by atoms with Crippen LogP contribution in [0.25, 0.3) is 0 Å². The fourth-order valence-electron chi connectivity index (χ4n) is 2.38. The summed E-state index contributed by atoms with van der Waals surface area (Å²) in [6.45, 7) is 8.10. The van der Waals surface area contributed by atoms with E-state index in [2.05, 4.69) is 59.5 Å². The highest BCUT2D eigenvalue weighted by atomic mass is 79.9. The molecule has 0 atom stereocenters. The number of rotatable bonds is 11. The smallest absolute Gasteiger partial charge is 0.314 e. The normalized spacial score (nSPS) is 11.1. The van der Waals surface area contributed by atoms with E-state index in [0.717, 1.165) is 23.1 Å². The first-order valence-electron chi connectivity index (χ1n) is 9.36. The van der Waals surface area contributed by atoms with Gasteiger partial charge in [-0.15, -0.1) is 0 Å². The molecule has 152 valence electrons. The van der Waals surface area contributed by atoms with Gasteiger partial charge in [0, 0.05) is 19.5 Å². The molecule has 0 aliphatic heterocycles. The minimum atomic E-state index is -0.778. The van der Waals surface area contributed by atoms with E-state index >= 15 is 0 Å². The molecule has 0 spiro atoms. The summed E-state index contributed by atoms with van der Waals surface area (Å²) >= 11 is 3.55. The molecule has 0 fully saturated rings. The second kappa shape index (κ2) is 11.8. The molecule has 0 saturated carbocycles. The van der Waals surface area contributed by atoms with Crippen LogP contribution in [-0.4, -0.2) is 36.8 Å². The summed E-state index contributed by atoms with van der Waals surface area (Å²) in [6.07, 6.45) is 3.11. The minimum absolute atomic E-state index is 0.0919. The largest absolute Gasteiger partial charge is 0.492 e. The number of halogens is 1. The van der Waals surface area contributed by atoms with Gasteiger partial charge in [-0.3, -0.25) is 4.79 Å². The minimum Gasteiger partial charge on any atom is -0.492 e. The number of aliphatic carboxylic acids is 1. The standard InChI is InChI=1S/C20H31BrN2O4/c1-20(2,3)15-9-10-17(16(21)14-15)27-13-7-12-23-19(26)22-11-6-4-5-8-18(24)25/h9-10,14H,4-8,11-13H2,1-3H3,(H,24,25)(H2,22,23,26). The molecular formula is C20H31BrN2O4. The number of carboxylic acid groups (broad SMARTS) is 1. The molecule has 0 aliphatic carbocycles. The van der Waals surface area contributed by atoms with Gasteiger partial charge in [-0.25, -0.2) is 4.79 Å². The lowest BCUT2D eigenvalue weighted by atomic mass is 9.87. The van der Waals surface area contributed by atoms with Gasteiger partial charge in [0.15, 0.2) is 0 Å². The van der Waals surface area contributed by atoms with Gasteiger partial charge in [0.1, 0.15) is 5.75 Å². The van der Waals surface area contributed by atoms with Gasteiger partial charge in [0.05, 0.1) is 11.1 Å². The molecule has 0 aromatic heterocycles. The predicted octanol–water partition coefficient (Wildman–Crippen LogP) is 4.46. The molecule has 1 rings (SSSR count). The van der Waals surface area contributed by atoms with Crippen LogP contribution in [0, 0.1) is 0 Å². The third-order valence-corrected chi connectivity index (χ3v) is 4.63. The van der Waals surface area contributed by atoms with E-state index in [1.54, 1.807) is 0 Å². The van der Waals surface area contributed by atoms with Gasteiger partial charge in [0.2, 0.25) is 0 Å². The number of amides is 2. The fourth-order valence-corrected chi connectivity index (χ4v) is 2.88. The predicted molar refractivity (Wildman–Crippen MR) is 110 cm³/mol. The lowest BCUT2D eigenvalue weighted by Crippen LogP contribution is -2.36. The molecule has 3 N–H and O–H groups in total. The average molecular weight is 443 g/mol. The average Bonchev–Trinajstić information content (AvgIpc) is 2.57. The molecule has 27 heavy (non-hydrogen) atoms. The Labute approximate surface area is 170 Å². The van der Waals surface area contributed by atoms with Crippen LogP contribution in [0.2, 0.25) is 0 Å². The van der Waals surface area contributed by atoms with Crippen molar-refractivity contribution < 1.29 is 19.4 Å². The number of urea groups is 1. The highest BCUT2D eigenvalue weighted by Crippen LogP contribution is 2.31. The Morgan fingerprint density at radius 1 is 1.07 bits per heavy atom. The van der Waals surface area contributed by atoms with Crippen molar-refractivity contribution in [2.24, 2.45) is 0 Å². The Balaban J connectivity index is 2.13. The Bertz CT molecular complexity index is 614. The molecule has 2 amide bonds. The number of carbonyl (C=O) groups is 2. The van der Waals surface area contributed by atoms with Crippen molar-refractivity contribution in [2.45, 2.75) is 58.3 Å². The molecule has 0 aliphatic rings. The number of hydrogen-bond donors (Lipinski definition) is 3. The van der Waals surface area contributed by atoms with Gasteiger partial charge in [-0.1, -0.05) is 33.3 Å². The van der Waals surface area contributed by atoms with Crippen molar-refractivity contribution >= 4 is 27.9 Å². The molecule has 0 bridgehead atoms. The van der Waals surface area contributed by atoms with Crippen LogP contribution in [0.4, 0.5) is 4.79 Å². The van der Waals surface area contributed by atoms with Crippen molar-refractivity contribution in [3.8, 4) is 5.75 Å². The summed E-state index contributed by atoms with van der Waals surface area (Å²) < 4.78 is 6.70. The lowest BCUT2D eigenvalue weighted by molar-refractivity contribution is -0.137. The van der Waals surface area contributed by atoms with Crippen LogP contribution in [0.3, 0.4) is 0 Å². The summed E-state index contributed by atoms with van der Waals surface area (Å²) in [6, 6.07) is 5.92. The Morgan fingerprint density at radius 2 is 1.74 bits per heavy atom. The molecule has 6 nitrogen and oxygen atoms in total. The van der Waals surface area contributed by atoms with E-state index < -0.39 is 5.97 Å². The maximum absolute atomic E-state index is 11.6. The summed E-state index contributed by atoms with van der Waals surface area (Å²) in [4.78, 5) is 22.0. The zero-order valence-electron chi connectivity index (χ0n) is 16.4. The summed E-state index contributed by atoms with van der Waals surface area (Å²) in [5, 5.41) is 14.1. The van der Waals surface area contributed by atoms with Gasteiger partial charge in [-0.05, 0) is 58.3 Å². The first kappa shape index (κ1) is 23.3. The molecule has 1 aromatic rings. The van der Waals surface area contributed by atoms with Crippen LogP contribution in [0.5, 0.6) is 5.75 Å². The summed E-state index contributed by atoms with van der Waals surface area (Å²) in [7, 11) is 0.